The van der Waals surface area contributed by atoms with Crippen molar-refractivity contribution < 1.29 is 9.59 Å². The second-order valence-electron chi connectivity index (χ2n) is 4.01. The van der Waals surface area contributed by atoms with Gasteiger partial charge in [-0.05, 0) is 24.6 Å². The summed E-state index contributed by atoms with van der Waals surface area (Å²) in [5.41, 5.74) is 1.74. The molecule has 1 unspecified atom stereocenters. The Morgan fingerprint density at radius 2 is 1.88 bits per heavy atom. The van der Waals surface area contributed by atoms with E-state index in [0.29, 0.717) is 12.1 Å². The predicted molar refractivity (Wildman–Crippen MR) is 68.8 cm³/mol. The Kier molecular flexibility index (Phi) is 4.44. The van der Waals surface area contributed by atoms with Gasteiger partial charge in [0.25, 0.3) is 0 Å². The van der Waals surface area contributed by atoms with Crippen molar-refractivity contribution in [2.45, 2.75) is 34.1 Å². The zero-order chi connectivity index (χ0) is 13.0. The van der Waals surface area contributed by atoms with Crippen LogP contribution in [-0.2, 0) is 9.59 Å². The van der Waals surface area contributed by atoms with E-state index in [1.165, 1.54) is 4.90 Å². The SMILES string of the molecule is CC.Cc1cccc(N2C(=O)CC(C)C2=O)c1. The van der Waals surface area contributed by atoms with Gasteiger partial charge in [0.2, 0.25) is 11.8 Å². The highest BCUT2D eigenvalue weighted by atomic mass is 16.2. The molecule has 1 fully saturated rings. The van der Waals surface area contributed by atoms with E-state index in [0.717, 1.165) is 5.56 Å². The molecule has 0 N–H and O–H groups in total. The standard InChI is InChI=1S/C12H13NO2.C2H6/c1-8-4-3-5-10(6-8)13-11(14)7-9(2)12(13)15;1-2/h3-6,9H,7H2,1-2H3;1-2H3. The lowest BCUT2D eigenvalue weighted by Crippen LogP contribution is -2.29. The van der Waals surface area contributed by atoms with Crippen molar-refractivity contribution in [3.63, 3.8) is 0 Å². The van der Waals surface area contributed by atoms with Crippen molar-refractivity contribution in [3.8, 4) is 0 Å². The van der Waals surface area contributed by atoms with Crippen LogP contribution in [0.3, 0.4) is 0 Å². The number of benzene rings is 1. The zero-order valence-electron chi connectivity index (χ0n) is 10.9. The summed E-state index contributed by atoms with van der Waals surface area (Å²) in [6, 6.07) is 7.45. The highest BCUT2D eigenvalue weighted by molar-refractivity contribution is 6.20. The number of imide groups is 1. The van der Waals surface area contributed by atoms with Crippen LogP contribution in [0.4, 0.5) is 5.69 Å². The van der Waals surface area contributed by atoms with Gasteiger partial charge in [-0.3, -0.25) is 14.5 Å². The van der Waals surface area contributed by atoms with Gasteiger partial charge in [0.05, 0.1) is 5.69 Å². The third kappa shape index (κ3) is 2.73. The molecule has 0 spiro atoms. The number of amides is 2. The number of rotatable bonds is 1. The summed E-state index contributed by atoms with van der Waals surface area (Å²) in [7, 11) is 0. The molecule has 1 aliphatic heterocycles. The van der Waals surface area contributed by atoms with Crippen LogP contribution in [-0.4, -0.2) is 11.8 Å². The van der Waals surface area contributed by atoms with Crippen molar-refractivity contribution in [2.24, 2.45) is 5.92 Å². The lowest BCUT2D eigenvalue weighted by molar-refractivity contribution is -0.122. The van der Waals surface area contributed by atoms with Crippen LogP contribution < -0.4 is 4.90 Å². The molecule has 0 radical (unpaired) electrons. The monoisotopic (exact) mass is 233 g/mol. The average molecular weight is 233 g/mol. The maximum absolute atomic E-state index is 11.7. The highest BCUT2D eigenvalue weighted by Gasteiger charge is 2.36. The fourth-order valence-corrected chi connectivity index (χ4v) is 1.82. The minimum absolute atomic E-state index is 0.0920. The van der Waals surface area contributed by atoms with Crippen molar-refractivity contribution in [1.82, 2.24) is 0 Å². The van der Waals surface area contributed by atoms with Gasteiger partial charge >= 0.3 is 0 Å². The van der Waals surface area contributed by atoms with Gasteiger partial charge in [-0.1, -0.05) is 32.9 Å². The van der Waals surface area contributed by atoms with Gasteiger partial charge in [0.15, 0.2) is 0 Å². The van der Waals surface area contributed by atoms with Crippen molar-refractivity contribution in [1.29, 1.82) is 0 Å². The van der Waals surface area contributed by atoms with Gasteiger partial charge in [-0.15, -0.1) is 0 Å². The fourth-order valence-electron chi connectivity index (χ4n) is 1.82. The molecule has 1 heterocycles. The predicted octanol–water partition coefficient (Wildman–Crippen LogP) is 2.92. The molecular formula is C14H19NO2. The summed E-state index contributed by atoms with van der Waals surface area (Å²) in [6.45, 7) is 7.73. The van der Waals surface area contributed by atoms with Crippen molar-refractivity contribution in [3.05, 3.63) is 29.8 Å². The Bertz CT molecular complexity index is 426. The first-order chi connectivity index (χ1) is 8.09. The number of carbonyl (C=O) groups excluding carboxylic acids is 2. The molecule has 2 amide bonds. The molecule has 3 heteroatoms. The van der Waals surface area contributed by atoms with Gasteiger partial charge in [-0.2, -0.15) is 0 Å². The van der Waals surface area contributed by atoms with Crippen LogP contribution in [0.2, 0.25) is 0 Å². The number of hydrogen-bond donors (Lipinski definition) is 0. The summed E-state index contributed by atoms with van der Waals surface area (Å²) in [6.07, 6.45) is 0.326. The van der Waals surface area contributed by atoms with Gasteiger partial charge in [-0.25, -0.2) is 0 Å². The van der Waals surface area contributed by atoms with E-state index < -0.39 is 0 Å². The van der Waals surface area contributed by atoms with Gasteiger partial charge in [0.1, 0.15) is 0 Å². The molecule has 3 nitrogen and oxygen atoms in total. The first-order valence-corrected chi connectivity index (χ1v) is 6.03. The second-order valence-corrected chi connectivity index (χ2v) is 4.01. The molecule has 2 rings (SSSR count). The van der Waals surface area contributed by atoms with E-state index >= 15 is 0 Å². The number of carbonyl (C=O) groups is 2. The summed E-state index contributed by atoms with van der Waals surface area (Å²) in [5, 5.41) is 0. The van der Waals surface area contributed by atoms with Crippen molar-refractivity contribution in [2.75, 3.05) is 4.90 Å². The first-order valence-electron chi connectivity index (χ1n) is 6.03. The van der Waals surface area contributed by atoms with E-state index in [4.69, 9.17) is 0 Å². The Morgan fingerprint density at radius 1 is 1.24 bits per heavy atom. The highest BCUT2D eigenvalue weighted by Crippen LogP contribution is 2.26. The molecule has 0 saturated carbocycles. The Morgan fingerprint density at radius 3 is 2.35 bits per heavy atom. The Hall–Kier alpha value is -1.64. The van der Waals surface area contributed by atoms with E-state index in [1.807, 2.05) is 39.0 Å². The Balaban J connectivity index is 0.000000686. The lowest BCUT2D eigenvalue weighted by atomic mass is 10.1. The molecule has 0 bridgehead atoms. The summed E-state index contributed by atoms with van der Waals surface area (Å²) < 4.78 is 0. The second kappa shape index (κ2) is 5.62. The minimum atomic E-state index is -0.182. The smallest absolute Gasteiger partial charge is 0.237 e. The number of aryl methyl sites for hydroxylation is 1. The van der Waals surface area contributed by atoms with Gasteiger partial charge < -0.3 is 0 Å². The molecule has 1 aliphatic rings. The summed E-state index contributed by atoms with van der Waals surface area (Å²) in [5.74, 6) is -0.373. The summed E-state index contributed by atoms with van der Waals surface area (Å²) in [4.78, 5) is 24.6. The molecule has 1 aromatic rings. The van der Waals surface area contributed by atoms with E-state index in [9.17, 15) is 9.59 Å². The van der Waals surface area contributed by atoms with E-state index in [2.05, 4.69) is 0 Å². The quantitative estimate of drug-likeness (QED) is 0.699. The number of nitrogens with zero attached hydrogens (tertiary/aromatic N) is 1. The molecule has 0 aliphatic carbocycles. The normalized spacial score (nSPS) is 19.1. The Labute approximate surface area is 102 Å². The molecule has 1 aromatic carbocycles. The molecule has 1 saturated heterocycles. The molecule has 0 aromatic heterocycles. The maximum Gasteiger partial charge on any atom is 0.237 e. The number of hydrogen-bond acceptors (Lipinski definition) is 2. The van der Waals surface area contributed by atoms with Crippen LogP contribution >= 0.6 is 0 Å². The molecular weight excluding hydrogens is 214 g/mol. The van der Waals surface area contributed by atoms with E-state index in [-0.39, 0.29) is 17.7 Å². The van der Waals surface area contributed by atoms with E-state index in [1.54, 1.807) is 13.0 Å². The number of anilines is 1. The first kappa shape index (κ1) is 13.4. The third-order valence-electron chi connectivity index (χ3n) is 2.63. The molecule has 92 valence electrons. The van der Waals surface area contributed by atoms with Crippen LogP contribution in [0.1, 0.15) is 32.8 Å². The minimum Gasteiger partial charge on any atom is -0.274 e. The zero-order valence-corrected chi connectivity index (χ0v) is 10.9. The summed E-state index contributed by atoms with van der Waals surface area (Å²) >= 11 is 0. The topological polar surface area (TPSA) is 37.4 Å². The largest absolute Gasteiger partial charge is 0.274 e. The molecule has 1 atom stereocenters. The van der Waals surface area contributed by atoms with Crippen LogP contribution in [0.5, 0.6) is 0 Å². The average Bonchev–Trinajstić information content (AvgIpc) is 2.56. The van der Waals surface area contributed by atoms with Crippen LogP contribution in [0, 0.1) is 12.8 Å². The van der Waals surface area contributed by atoms with Crippen LogP contribution in [0.15, 0.2) is 24.3 Å². The van der Waals surface area contributed by atoms with Crippen molar-refractivity contribution >= 4 is 17.5 Å². The van der Waals surface area contributed by atoms with Crippen LogP contribution in [0.25, 0.3) is 0 Å². The molecule has 17 heavy (non-hydrogen) atoms. The maximum atomic E-state index is 11.7. The third-order valence-corrected chi connectivity index (χ3v) is 2.63. The fraction of sp³-hybridized carbons (Fsp3) is 0.429. The lowest BCUT2D eigenvalue weighted by Gasteiger charge is -2.14. The van der Waals surface area contributed by atoms with Gasteiger partial charge in [0, 0.05) is 12.3 Å².